The molecule has 0 fully saturated rings. The molecule has 0 bridgehead atoms. The first-order valence-corrected chi connectivity index (χ1v) is 4.55. The summed E-state index contributed by atoms with van der Waals surface area (Å²) in [6.07, 6.45) is 0. The number of hydrogen-bond donors (Lipinski definition) is 0. The van der Waals surface area contributed by atoms with Crippen LogP contribution in [0.2, 0.25) is 0 Å². The topological polar surface area (TPSA) is 119 Å². The predicted octanol–water partition coefficient (Wildman–Crippen LogP) is -8.91. The Bertz CT molecular complexity index is 301. The molecule has 0 heterocycles. The molecule has 0 saturated heterocycles. The summed E-state index contributed by atoms with van der Waals surface area (Å²) in [5, 5.41) is 47.8. The normalized spacial score (nSPS) is 8.93. The molecule has 0 aromatic carbocycles. The zero-order chi connectivity index (χ0) is 8.98. The van der Waals surface area contributed by atoms with Crippen molar-refractivity contribution in [1.29, 1.82) is 26.3 Å². The van der Waals surface area contributed by atoms with E-state index in [1.807, 2.05) is 0 Å². The maximum absolute atomic E-state index is 8.34. The summed E-state index contributed by atoms with van der Waals surface area (Å²) in [5.41, 5.74) is 0. The van der Waals surface area contributed by atoms with Crippen LogP contribution in [0.1, 0.15) is 0 Å². The maximum atomic E-state index is 8.34. The van der Waals surface area contributed by atoms with E-state index in [4.69, 9.17) is 26.3 Å². The van der Waals surface area contributed by atoms with Gasteiger partial charge in [0.15, 0.2) is 0 Å². The Kier molecular flexibility index (Phi) is 20.1. The predicted molar refractivity (Wildman–Crippen MR) is 28.1 cm³/mol. The number of nitrogens with zero attached hydrogens (tertiary/aromatic N) is 5. The van der Waals surface area contributed by atoms with Crippen molar-refractivity contribution in [3.05, 3.63) is 0 Å². The van der Waals surface area contributed by atoms with Gasteiger partial charge in [-0.25, -0.2) is 0 Å². The monoisotopic (exact) mass is 306 g/mol. The fourth-order valence-electron chi connectivity index (χ4n) is 0.167. The van der Waals surface area contributed by atoms with Crippen LogP contribution in [0.25, 0.3) is 0 Å². The molecule has 0 radical (unpaired) electrons. The quantitative estimate of drug-likeness (QED) is 0.412. The van der Waals surface area contributed by atoms with Gasteiger partial charge >= 0.3 is 217 Å². The molecule has 0 aliphatic carbocycles. The molecule has 0 saturated carbocycles. The molecule has 14 heavy (non-hydrogen) atoms. The second-order valence-electron chi connectivity index (χ2n) is 1.21. The summed E-state index contributed by atoms with van der Waals surface area (Å²) in [7, 11) is 0. The standard InChI is InChI=1S/5CN.Co.3K/c5*1-2;;;;/q;;;;;-3;3*+1. The average Bonchev–Trinajstić information content (AvgIpc) is 2.12. The van der Waals surface area contributed by atoms with Gasteiger partial charge in [0.05, 0.1) is 0 Å². The molecule has 0 spiro atoms. The molecule has 5 nitrogen and oxygen atoms in total. The zero-order valence-corrected chi connectivity index (χ0v) is 18.5. The molecule has 0 unspecified atom stereocenters. The summed E-state index contributed by atoms with van der Waals surface area (Å²) in [6, 6.07) is 0. The summed E-state index contributed by atoms with van der Waals surface area (Å²) in [6.45, 7) is 0. The fraction of sp³-hybridized carbons (Fsp3) is 0. The van der Waals surface area contributed by atoms with Crippen molar-refractivity contribution < 1.29 is 166 Å². The van der Waals surface area contributed by atoms with Crippen LogP contribution in [0.15, 0.2) is 0 Å². The van der Waals surface area contributed by atoms with Crippen molar-refractivity contribution in [2.45, 2.75) is 0 Å². The Hall–Kier alpha value is 2.87. The Labute approximate surface area is 210 Å². The third-order valence-corrected chi connectivity index (χ3v) is 3.07. The number of rotatable bonds is 0. The van der Waals surface area contributed by atoms with Crippen molar-refractivity contribution in [1.82, 2.24) is 0 Å². The van der Waals surface area contributed by atoms with Crippen LogP contribution in [0.3, 0.4) is 0 Å². The van der Waals surface area contributed by atoms with E-state index in [1.54, 1.807) is 0 Å². The van der Waals surface area contributed by atoms with Gasteiger partial charge in [0, 0.05) is 0 Å². The Morgan fingerprint density at radius 3 is 0.643 bits per heavy atom. The summed E-state index contributed by atoms with van der Waals surface area (Å²) < 4.78 is 0. The molecule has 0 N–H and O–H groups in total. The Morgan fingerprint density at radius 1 is 0.500 bits per heavy atom. The molecule has 57 valence electrons. The van der Waals surface area contributed by atoms with Gasteiger partial charge in [0.2, 0.25) is 0 Å². The van der Waals surface area contributed by atoms with Crippen molar-refractivity contribution in [2.24, 2.45) is 0 Å². The van der Waals surface area contributed by atoms with E-state index >= 15 is 0 Å². The van der Waals surface area contributed by atoms with E-state index in [2.05, 4.69) is 0 Å². The second-order valence-corrected chi connectivity index (χ2v) is 4.97. The van der Waals surface area contributed by atoms with E-state index < -0.39 is 11.6 Å². The first kappa shape index (κ1) is 25.6. The first-order chi connectivity index (χ1) is 5.12. The summed E-state index contributed by atoms with van der Waals surface area (Å²) in [4.78, 5) is 0. The van der Waals surface area contributed by atoms with Crippen LogP contribution in [0.4, 0.5) is 0 Å². The zero-order valence-electron chi connectivity index (χ0n) is 8.07. The number of hydrogen-bond acceptors (Lipinski definition) is 5. The number of nitriles is 5. The van der Waals surface area contributed by atoms with E-state index in [0.717, 1.165) is 0 Å². The molecular formula is C5CoK3N5. The van der Waals surface area contributed by atoms with Crippen molar-refractivity contribution in [3.63, 3.8) is 0 Å². The molecule has 0 aromatic rings. The minimum absolute atomic E-state index is 0. The largest absolute Gasteiger partial charge is 1.00 e. The SMILES string of the molecule is N#[C][Co-3]([C]#N)([C]#N)([C]#N)[C]#N.[K+].[K+].[K+]. The van der Waals surface area contributed by atoms with Gasteiger partial charge in [0.25, 0.3) is 0 Å². The average molecular weight is 306 g/mol. The van der Waals surface area contributed by atoms with Gasteiger partial charge in [-0.3, -0.25) is 0 Å². The van der Waals surface area contributed by atoms with Crippen molar-refractivity contribution >= 4 is 0 Å². The third kappa shape index (κ3) is 5.47. The van der Waals surface area contributed by atoms with Gasteiger partial charge in [-0.1, -0.05) is 0 Å². The molecule has 9 heteroatoms. The van der Waals surface area contributed by atoms with Gasteiger partial charge in [0.1, 0.15) is 0 Å². The van der Waals surface area contributed by atoms with Crippen molar-refractivity contribution in [3.8, 4) is 25.0 Å². The van der Waals surface area contributed by atoms with Crippen molar-refractivity contribution in [2.75, 3.05) is 0 Å². The fourth-order valence-corrected chi connectivity index (χ4v) is 0.687. The van der Waals surface area contributed by atoms with E-state index in [0.29, 0.717) is 0 Å². The van der Waals surface area contributed by atoms with Crippen LogP contribution in [0.5, 0.6) is 0 Å². The van der Waals surface area contributed by atoms with Gasteiger partial charge in [-0.15, -0.1) is 0 Å². The second kappa shape index (κ2) is 11.0. The minimum Gasteiger partial charge on any atom is 1.00 e. The van der Waals surface area contributed by atoms with Crippen LogP contribution in [-0.4, -0.2) is 0 Å². The van der Waals surface area contributed by atoms with Crippen LogP contribution in [0, 0.1) is 51.3 Å². The molecule has 0 atom stereocenters. The summed E-state index contributed by atoms with van der Waals surface area (Å²) in [5.74, 6) is 0. The van der Waals surface area contributed by atoms with E-state index in [9.17, 15) is 0 Å². The van der Waals surface area contributed by atoms with Crippen LogP contribution < -0.4 is 154 Å². The molecule has 0 aromatic heterocycles. The molecule has 0 aliphatic rings. The van der Waals surface area contributed by atoms with Gasteiger partial charge in [-0.05, 0) is 0 Å². The van der Waals surface area contributed by atoms with E-state index in [-0.39, 0.29) is 154 Å². The minimum atomic E-state index is -4.63. The molecule has 0 aliphatic heterocycles. The molecule has 0 amide bonds. The third-order valence-electron chi connectivity index (χ3n) is 0.745. The molecule has 0 rings (SSSR count). The Morgan fingerprint density at radius 2 is 0.643 bits per heavy atom. The van der Waals surface area contributed by atoms with E-state index in [1.165, 1.54) is 25.0 Å². The first-order valence-electron chi connectivity index (χ1n) is 1.95. The van der Waals surface area contributed by atoms with Crippen LogP contribution in [-0.2, 0) is 11.6 Å². The smallest absolute Gasteiger partial charge is 1.00 e. The van der Waals surface area contributed by atoms with Gasteiger partial charge < -0.3 is 0 Å². The van der Waals surface area contributed by atoms with Crippen LogP contribution >= 0.6 is 0 Å². The summed E-state index contributed by atoms with van der Waals surface area (Å²) >= 11 is -4.63. The maximum Gasteiger partial charge on any atom is 1.00 e. The van der Waals surface area contributed by atoms with Gasteiger partial charge in [-0.2, -0.15) is 0 Å². The molecular weight excluding hydrogens is 306 g/mol. The Balaban J connectivity index is -0.000000167.